The molecule has 1 nitrogen and oxygen atoms in total. The predicted octanol–water partition coefficient (Wildman–Crippen LogP) is 4.01. The van der Waals surface area contributed by atoms with E-state index in [1.54, 1.807) is 0 Å². The van der Waals surface area contributed by atoms with E-state index in [-0.39, 0.29) is 0 Å². The number of hydrogen-bond donors (Lipinski definition) is 1. The number of halogens is 1. The zero-order valence-corrected chi connectivity index (χ0v) is 11.6. The molecule has 0 atom stereocenters. The van der Waals surface area contributed by atoms with Crippen LogP contribution in [0.2, 0.25) is 0 Å². The average Bonchev–Trinajstić information content (AvgIpc) is 2.08. The molecule has 0 saturated carbocycles. The van der Waals surface area contributed by atoms with Crippen molar-refractivity contribution >= 4 is 40.0 Å². The van der Waals surface area contributed by atoms with Gasteiger partial charge in [0.1, 0.15) is 0 Å². The Morgan fingerprint density at radius 3 is 2.71 bits per heavy atom. The first kappa shape index (κ1) is 12.2. The molecule has 0 saturated heterocycles. The van der Waals surface area contributed by atoms with Crippen molar-refractivity contribution in [1.29, 1.82) is 0 Å². The summed E-state index contributed by atoms with van der Waals surface area (Å²) in [7, 11) is 0. The molecule has 0 unspecified atom stereocenters. The van der Waals surface area contributed by atoms with Gasteiger partial charge < -0.3 is 5.73 Å². The lowest BCUT2D eigenvalue weighted by atomic mass is 10.2. The maximum absolute atomic E-state index is 5.91. The monoisotopic (exact) mass is 321 g/mol. The van der Waals surface area contributed by atoms with E-state index >= 15 is 0 Å². The predicted molar refractivity (Wildman–Crippen MR) is 73.8 cm³/mol. The molecule has 0 fully saturated rings. The Morgan fingerprint density at radius 1 is 1.43 bits per heavy atom. The van der Waals surface area contributed by atoms with Crippen LogP contribution in [0.1, 0.15) is 20.3 Å². The molecule has 0 aliphatic carbocycles. The fraction of sp³-hybridized carbons (Fsp3) is 0.455. The fourth-order valence-electron chi connectivity index (χ4n) is 1.06. The van der Waals surface area contributed by atoms with Gasteiger partial charge in [-0.1, -0.05) is 13.8 Å². The van der Waals surface area contributed by atoms with Gasteiger partial charge in [-0.3, -0.25) is 0 Å². The van der Waals surface area contributed by atoms with E-state index in [1.807, 2.05) is 17.8 Å². The average molecular weight is 321 g/mol. The zero-order valence-electron chi connectivity index (χ0n) is 8.59. The second-order valence-electron chi connectivity index (χ2n) is 3.71. The van der Waals surface area contributed by atoms with Crippen LogP contribution in [0.25, 0.3) is 0 Å². The van der Waals surface area contributed by atoms with Crippen molar-refractivity contribution in [2.45, 2.75) is 25.2 Å². The summed E-state index contributed by atoms with van der Waals surface area (Å²) in [4.78, 5) is 1.21. The number of nitrogen functional groups attached to an aromatic ring is 1. The number of hydrogen-bond acceptors (Lipinski definition) is 2. The summed E-state index contributed by atoms with van der Waals surface area (Å²) < 4.78 is 1.20. The standard InChI is InChI=1S/C11H16INS/c1-8(2)5-6-14-11-4-3-9(12)7-10(11)13/h3-4,7-8H,5-6,13H2,1-2H3. The molecule has 0 bridgehead atoms. The second-order valence-corrected chi connectivity index (χ2v) is 6.10. The van der Waals surface area contributed by atoms with Gasteiger partial charge in [0, 0.05) is 14.2 Å². The minimum Gasteiger partial charge on any atom is -0.398 e. The molecular formula is C11H16INS. The molecule has 1 aromatic rings. The van der Waals surface area contributed by atoms with Crippen LogP contribution < -0.4 is 5.73 Å². The van der Waals surface area contributed by atoms with Crippen LogP contribution in [0.4, 0.5) is 5.69 Å². The largest absolute Gasteiger partial charge is 0.398 e. The van der Waals surface area contributed by atoms with Gasteiger partial charge >= 0.3 is 0 Å². The Morgan fingerprint density at radius 2 is 2.14 bits per heavy atom. The van der Waals surface area contributed by atoms with Crippen LogP contribution in [0, 0.1) is 9.49 Å². The van der Waals surface area contributed by atoms with E-state index < -0.39 is 0 Å². The molecule has 0 radical (unpaired) electrons. The molecule has 3 heteroatoms. The fourth-order valence-corrected chi connectivity index (χ4v) is 2.77. The Kier molecular flexibility index (Phi) is 5.09. The molecular weight excluding hydrogens is 305 g/mol. The third-order valence-electron chi connectivity index (χ3n) is 1.92. The van der Waals surface area contributed by atoms with Crippen LogP contribution in [0.3, 0.4) is 0 Å². The highest BCUT2D eigenvalue weighted by Crippen LogP contribution is 2.27. The van der Waals surface area contributed by atoms with Crippen LogP contribution in [-0.4, -0.2) is 5.75 Å². The molecule has 1 rings (SSSR count). The van der Waals surface area contributed by atoms with Gasteiger partial charge in [0.05, 0.1) is 0 Å². The Labute approximate surface area is 104 Å². The van der Waals surface area contributed by atoms with Gasteiger partial charge in [-0.25, -0.2) is 0 Å². The molecule has 0 aromatic heterocycles. The quantitative estimate of drug-likeness (QED) is 0.515. The van der Waals surface area contributed by atoms with Crippen molar-refractivity contribution in [2.24, 2.45) is 5.92 Å². The van der Waals surface area contributed by atoms with Crippen molar-refractivity contribution in [3.63, 3.8) is 0 Å². The number of thioether (sulfide) groups is 1. The number of nitrogens with two attached hydrogens (primary N) is 1. The molecule has 0 spiro atoms. The summed E-state index contributed by atoms with van der Waals surface area (Å²) in [5, 5.41) is 0. The van der Waals surface area contributed by atoms with Crippen molar-refractivity contribution in [3.8, 4) is 0 Å². The Balaban J connectivity index is 2.51. The van der Waals surface area contributed by atoms with E-state index in [0.29, 0.717) is 0 Å². The minimum absolute atomic E-state index is 0.771. The highest BCUT2D eigenvalue weighted by atomic mass is 127. The molecule has 0 heterocycles. The van der Waals surface area contributed by atoms with Crippen LogP contribution in [0.15, 0.2) is 23.1 Å². The summed E-state index contributed by atoms with van der Waals surface area (Å²) in [6, 6.07) is 6.25. The third kappa shape index (κ3) is 4.09. The van der Waals surface area contributed by atoms with Crippen molar-refractivity contribution in [3.05, 3.63) is 21.8 Å². The summed E-state index contributed by atoms with van der Waals surface area (Å²) in [5.74, 6) is 1.93. The maximum atomic E-state index is 5.91. The second kappa shape index (κ2) is 5.85. The van der Waals surface area contributed by atoms with Crippen LogP contribution in [0.5, 0.6) is 0 Å². The van der Waals surface area contributed by atoms with Crippen molar-refractivity contribution < 1.29 is 0 Å². The lowest BCUT2D eigenvalue weighted by molar-refractivity contribution is 0.632. The molecule has 0 aliphatic heterocycles. The number of benzene rings is 1. The lowest BCUT2D eigenvalue weighted by Gasteiger charge is -2.07. The first-order valence-corrected chi connectivity index (χ1v) is 6.84. The van der Waals surface area contributed by atoms with E-state index in [1.165, 1.54) is 14.9 Å². The van der Waals surface area contributed by atoms with Gasteiger partial charge in [-0.05, 0) is 58.9 Å². The van der Waals surface area contributed by atoms with E-state index in [4.69, 9.17) is 5.73 Å². The Bertz CT molecular complexity index is 299. The van der Waals surface area contributed by atoms with Crippen molar-refractivity contribution in [2.75, 3.05) is 11.5 Å². The molecule has 1 aromatic carbocycles. The van der Waals surface area contributed by atoms with Gasteiger partial charge in [0.25, 0.3) is 0 Å². The minimum atomic E-state index is 0.771. The third-order valence-corrected chi connectivity index (χ3v) is 3.72. The van der Waals surface area contributed by atoms with E-state index in [2.05, 4.69) is 48.6 Å². The van der Waals surface area contributed by atoms with Gasteiger partial charge in [-0.2, -0.15) is 0 Å². The first-order chi connectivity index (χ1) is 6.59. The molecule has 2 N–H and O–H groups in total. The number of anilines is 1. The number of rotatable bonds is 4. The Hall–Kier alpha value is 0.1000. The van der Waals surface area contributed by atoms with Crippen LogP contribution in [-0.2, 0) is 0 Å². The summed E-state index contributed by atoms with van der Waals surface area (Å²) in [5.41, 5.74) is 6.82. The maximum Gasteiger partial charge on any atom is 0.0462 e. The smallest absolute Gasteiger partial charge is 0.0462 e. The SMILES string of the molecule is CC(C)CCSc1ccc(I)cc1N. The molecule has 0 amide bonds. The summed E-state index contributed by atoms with van der Waals surface area (Å²) in [6.07, 6.45) is 1.25. The molecule has 78 valence electrons. The lowest BCUT2D eigenvalue weighted by Crippen LogP contribution is -1.92. The highest BCUT2D eigenvalue weighted by molar-refractivity contribution is 14.1. The van der Waals surface area contributed by atoms with Crippen LogP contribution >= 0.6 is 34.4 Å². The van der Waals surface area contributed by atoms with Gasteiger partial charge in [0.15, 0.2) is 0 Å². The summed E-state index contributed by atoms with van der Waals surface area (Å²) >= 11 is 4.14. The van der Waals surface area contributed by atoms with E-state index in [0.717, 1.165) is 17.4 Å². The van der Waals surface area contributed by atoms with E-state index in [9.17, 15) is 0 Å². The summed E-state index contributed by atoms with van der Waals surface area (Å²) in [6.45, 7) is 4.50. The first-order valence-electron chi connectivity index (χ1n) is 4.77. The van der Waals surface area contributed by atoms with Gasteiger partial charge in [-0.15, -0.1) is 11.8 Å². The molecule has 14 heavy (non-hydrogen) atoms. The van der Waals surface area contributed by atoms with Gasteiger partial charge in [0.2, 0.25) is 0 Å². The molecule has 0 aliphatic rings. The normalized spacial score (nSPS) is 10.9. The highest BCUT2D eigenvalue weighted by Gasteiger charge is 2.01. The topological polar surface area (TPSA) is 26.0 Å². The zero-order chi connectivity index (χ0) is 10.6. The van der Waals surface area contributed by atoms with Crippen molar-refractivity contribution in [1.82, 2.24) is 0 Å².